The maximum Gasteiger partial charge on any atom is 0.0883 e. The van der Waals surface area contributed by atoms with Crippen molar-refractivity contribution >= 4 is 27.5 Å². The molecule has 1 aromatic carbocycles. The van der Waals surface area contributed by atoms with Gasteiger partial charge in [0.05, 0.1) is 18.0 Å². The molecular weight excluding hydrogens is 291 g/mol. The van der Waals surface area contributed by atoms with Crippen LogP contribution >= 0.6 is 27.5 Å². The quantitative estimate of drug-likeness (QED) is 0.925. The molecule has 5 heteroatoms. The van der Waals surface area contributed by atoms with Gasteiger partial charge in [-0.15, -0.1) is 0 Å². The molecule has 2 rings (SSSR count). The summed E-state index contributed by atoms with van der Waals surface area (Å²) in [5.74, 6) is 0. The van der Waals surface area contributed by atoms with Crippen LogP contribution in [-0.2, 0) is 6.61 Å². The van der Waals surface area contributed by atoms with Crippen LogP contribution in [-0.4, -0.2) is 14.9 Å². The van der Waals surface area contributed by atoms with Crippen molar-refractivity contribution in [3.05, 3.63) is 45.1 Å². The van der Waals surface area contributed by atoms with Crippen molar-refractivity contribution in [3.8, 4) is 5.69 Å². The topological polar surface area (TPSA) is 38.0 Å². The smallest absolute Gasteiger partial charge is 0.0883 e. The standard InChI is InChI=1S/C11H10BrClN2O/c1-7-4-9(12)11(5-10(7)13)15-3-2-8(6-16)14-15/h2-5,16H,6H2,1H3. The number of rotatable bonds is 2. The molecule has 1 aromatic heterocycles. The lowest BCUT2D eigenvalue weighted by Gasteiger charge is -2.07. The Kier molecular flexibility index (Phi) is 3.33. The first-order valence-electron chi connectivity index (χ1n) is 4.73. The van der Waals surface area contributed by atoms with E-state index in [0.717, 1.165) is 15.7 Å². The van der Waals surface area contributed by atoms with E-state index in [4.69, 9.17) is 16.7 Å². The Morgan fingerprint density at radius 2 is 2.25 bits per heavy atom. The van der Waals surface area contributed by atoms with Crippen LogP contribution in [0.5, 0.6) is 0 Å². The van der Waals surface area contributed by atoms with Crippen LogP contribution in [0.15, 0.2) is 28.9 Å². The van der Waals surface area contributed by atoms with Gasteiger partial charge < -0.3 is 5.11 Å². The zero-order valence-electron chi connectivity index (χ0n) is 8.61. The summed E-state index contributed by atoms with van der Waals surface area (Å²) < 4.78 is 2.60. The van der Waals surface area contributed by atoms with E-state index in [0.29, 0.717) is 10.7 Å². The number of aromatic nitrogens is 2. The van der Waals surface area contributed by atoms with Crippen LogP contribution in [0.1, 0.15) is 11.3 Å². The number of halogens is 2. The first kappa shape index (κ1) is 11.6. The van der Waals surface area contributed by atoms with Gasteiger partial charge in [0.15, 0.2) is 0 Å². The van der Waals surface area contributed by atoms with Gasteiger partial charge in [0.25, 0.3) is 0 Å². The second kappa shape index (κ2) is 4.57. The maximum absolute atomic E-state index is 8.95. The number of aliphatic hydroxyl groups excluding tert-OH is 1. The molecular formula is C11H10BrClN2O. The number of aliphatic hydroxyl groups is 1. The predicted molar refractivity (Wildman–Crippen MR) is 66.9 cm³/mol. The Hall–Kier alpha value is -0.840. The van der Waals surface area contributed by atoms with Gasteiger partial charge in [0.2, 0.25) is 0 Å². The van der Waals surface area contributed by atoms with Gasteiger partial charge in [-0.1, -0.05) is 11.6 Å². The minimum absolute atomic E-state index is 0.0653. The Balaban J connectivity index is 2.51. The molecule has 0 radical (unpaired) electrons. The fraction of sp³-hybridized carbons (Fsp3) is 0.182. The second-order valence-electron chi connectivity index (χ2n) is 3.46. The Bertz CT molecular complexity index is 525. The lowest BCUT2D eigenvalue weighted by molar-refractivity contribution is 0.276. The average molecular weight is 302 g/mol. The Labute approximate surface area is 107 Å². The van der Waals surface area contributed by atoms with Crippen molar-refractivity contribution in [1.29, 1.82) is 0 Å². The minimum Gasteiger partial charge on any atom is -0.390 e. The highest BCUT2D eigenvalue weighted by Gasteiger charge is 2.07. The first-order chi connectivity index (χ1) is 7.61. The number of hydrogen-bond donors (Lipinski definition) is 1. The van der Waals surface area contributed by atoms with Gasteiger partial charge in [0.1, 0.15) is 0 Å². The monoisotopic (exact) mass is 300 g/mol. The molecule has 0 aliphatic rings. The van der Waals surface area contributed by atoms with Crippen molar-refractivity contribution in [2.24, 2.45) is 0 Å². The summed E-state index contributed by atoms with van der Waals surface area (Å²) in [5.41, 5.74) is 2.49. The highest BCUT2D eigenvalue weighted by Crippen LogP contribution is 2.27. The van der Waals surface area contributed by atoms with Crippen LogP contribution in [0, 0.1) is 6.92 Å². The number of hydrogen-bond acceptors (Lipinski definition) is 2. The molecule has 0 fully saturated rings. The summed E-state index contributed by atoms with van der Waals surface area (Å²) in [6.07, 6.45) is 1.79. The molecule has 16 heavy (non-hydrogen) atoms. The molecule has 84 valence electrons. The predicted octanol–water partition coefficient (Wildman–Crippen LogP) is 3.09. The fourth-order valence-electron chi connectivity index (χ4n) is 1.39. The van der Waals surface area contributed by atoms with Gasteiger partial charge in [0, 0.05) is 15.7 Å². The molecule has 1 heterocycles. The van der Waals surface area contributed by atoms with Crippen molar-refractivity contribution < 1.29 is 5.11 Å². The van der Waals surface area contributed by atoms with Gasteiger partial charge >= 0.3 is 0 Å². The third kappa shape index (κ3) is 2.14. The summed E-state index contributed by atoms with van der Waals surface area (Å²) in [7, 11) is 0. The molecule has 0 saturated carbocycles. The molecule has 0 spiro atoms. The summed E-state index contributed by atoms with van der Waals surface area (Å²) in [5, 5.41) is 13.9. The summed E-state index contributed by atoms with van der Waals surface area (Å²) in [4.78, 5) is 0. The number of aryl methyl sites for hydroxylation is 1. The first-order valence-corrected chi connectivity index (χ1v) is 5.90. The largest absolute Gasteiger partial charge is 0.390 e. The van der Waals surface area contributed by atoms with E-state index >= 15 is 0 Å². The molecule has 0 amide bonds. The molecule has 1 N–H and O–H groups in total. The maximum atomic E-state index is 8.95. The second-order valence-corrected chi connectivity index (χ2v) is 4.72. The lowest BCUT2D eigenvalue weighted by atomic mass is 10.2. The number of benzene rings is 1. The molecule has 0 saturated heterocycles. The van der Waals surface area contributed by atoms with Gasteiger partial charge in [-0.3, -0.25) is 0 Å². The van der Waals surface area contributed by atoms with E-state index < -0.39 is 0 Å². The van der Waals surface area contributed by atoms with E-state index in [2.05, 4.69) is 21.0 Å². The zero-order valence-corrected chi connectivity index (χ0v) is 11.0. The molecule has 0 aliphatic heterocycles. The van der Waals surface area contributed by atoms with Crippen molar-refractivity contribution in [1.82, 2.24) is 9.78 Å². The summed E-state index contributed by atoms with van der Waals surface area (Å²) in [6.45, 7) is 1.88. The normalized spacial score (nSPS) is 10.8. The van der Waals surface area contributed by atoms with Crippen LogP contribution in [0.4, 0.5) is 0 Å². The third-order valence-corrected chi connectivity index (χ3v) is 3.32. The molecule has 0 unspecified atom stereocenters. The zero-order chi connectivity index (χ0) is 11.7. The lowest BCUT2D eigenvalue weighted by Crippen LogP contribution is -1.98. The average Bonchev–Trinajstić information content (AvgIpc) is 2.71. The van der Waals surface area contributed by atoms with Crippen molar-refractivity contribution in [2.75, 3.05) is 0 Å². The minimum atomic E-state index is -0.0653. The van der Waals surface area contributed by atoms with E-state index in [1.165, 1.54) is 0 Å². The van der Waals surface area contributed by atoms with Gasteiger partial charge in [-0.2, -0.15) is 5.10 Å². The van der Waals surface area contributed by atoms with Crippen LogP contribution in [0.2, 0.25) is 5.02 Å². The Morgan fingerprint density at radius 1 is 1.50 bits per heavy atom. The van der Waals surface area contributed by atoms with E-state index in [1.54, 1.807) is 16.9 Å². The van der Waals surface area contributed by atoms with Crippen molar-refractivity contribution in [3.63, 3.8) is 0 Å². The third-order valence-electron chi connectivity index (χ3n) is 2.28. The van der Waals surface area contributed by atoms with Crippen LogP contribution in [0.3, 0.4) is 0 Å². The SMILES string of the molecule is Cc1cc(Br)c(-n2ccc(CO)n2)cc1Cl. The van der Waals surface area contributed by atoms with Crippen LogP contribution < -0.4 is 0 Å². The summed E-state index contributed by atoms with van der Waals surface area (Å²) >= 11 is 9.53. The molecule has 0 atom stereocenters. The number of nitrogens with zero attached hydrogens (tertiary/aromatic N) is 2. The highest BCUT2D eigenvalue weighted by atomic mass is 79.9. The molecule has 0 aliphatic carbocycles. The molecule has 0 bridgehead atoms. The van der Waals surface area contributed by atoms with E-state index in [9.17, 15) is 0 Å². The highest BCUT2D eigenvalue weighted by molar-refractivity contribution is 9.10. The summed E-state index contributed by atoms with van der Waals surface area (Å²) in [6, 6.07) is 5.55. The van der Waals surface area contributed by atoms with Gasteiger partial charge in [-0.05, 0) is 46.6 Å². The van der Waals surface area contributed by atoms with Gasteiger partial charge in [-0.25, -0.2) is 4.68 Å². The Morgan fingerprint density at radius 3 is 2.88 bits per heavy atom. The van der Waals surface area contributed by atoms with Crippen LogP contribution in [0.25, 0.3) is 5.69 Å². The fourth-order valence-corrected chi connectivity index (χ4v) is 2.19. The molecule has 3 nitrogen and oxygen atoms in total. The molecule has 2 aromatic rings. The van der Waals surface area contributed by atoms with E-state index in [-0.39, 0.29) is 6.61 Å². The van der Waals surface area contributed by atoms with E-state index in [1.807, 2.05) is 19.1 Å². The van der Waals surface area contributed by atoms with Crippen molar-refractivity contribution in [2.45, 2.75) is 13.5 Å².